The van der Waals surface area contributed by atoms with E-state index in [0.717, 1.165) is 57.8 Å². The minimum absolute atomic E-state index is 0.259. The maximum Gasteiger partial charge on any atom is 0.397 e. The molecule has 6 N–H and O–H groups in total. The lowest BCUT2D eigenvalue weighted by atomic mass is 9.99. The molecule has 59 heavy (non-hydrogen) atoms. The van der Waals surface area contributed by atoms with Crippen molar-refractivity contribution in [2.45, 2.75) is 249 Å². The topological polar surface area (TPSA) is 192 Å². The molecule has 0 saturated carbocycles. The van der Waals surface area contributed by atoms with Crippen molar-refractivity contribution < 1.29 is 51.8 Å². The van der Waals surface area contributed by atoms with E-state index in [1.807, 2.05) is 6.08 Å². The van der Waals surface area contributed by atoms with Crippen molar-refractivity contribution in [2.75, 3.05) is 13.2 Å². The lowest BCUT2D eigenvalue weighted by Gasteiger charge is -2.41. The number of amides is 1. The molecule has 1 aliphatic heterocycles. The highest BCUT2D eigenvalue weighted by atomic mass is 32.3. The number of allylic oxidation sites excluding steroid dienone is 3. The number of aliphatic hydroxyl groups excluding tert-OH is 4. The molecule has 348 valence electrons. The molecule has 0 aromatic heterocycles. The predicted molar refractivity (Wildman–Crippen MR) is 236 cm³/mol. The third-order valence-electron chi connectivity index (χ3n) is 11.2. The van der Waals surface area contributed by atoms with E-state index >= 15 is 0 Å². The van der Waals surface area contributed by atoms with Crippen molar-refractivity contribution in [1.29, 1.82) is 0 Å². The van der Waals surface area contributed by atoms with Gasteiger partial charge in [-0.1, -0.05) is 186 Å². The second-order valence-corrected chi connectivity index (χ2v) is 17.7. The first-order valence-electron chi connectivity index (χ1n) is 23.7. The molecule has 7 unspecified atom stereocenters. The van der Waals surface area contributed by atoms with Gasteiger partial charge in [0.1, 0.15) is 24.4 Å². The average Bonchev–Trinajstić information content (AvgIpc) is 3.20. The Morgan fingerprint density at radius 1 is 0.661 bits per heavy atom. The first kappa shape index (κ1) is 55.6. The van der Waals surface area contributed by atoms with E-state index in [-0.39, 0.29) is 18.9 Å². The summed E-state index contributed by atoms with van der Waals surface area (Å²) < 4.78 is 47.5. The Morgan fingerprint density at radius 3 is 1.58 bits per heavy atom. The molecule has 1 rings (SSSR count). The van der Waals surface area contributed by atoms with Gasteiger partial charge in [-0.2, -0.15) is 8.42 Å². The average molecular weight is 862 g/mol. The Bertz CT molecular complexity index is 1150. The van der Waals surface area contributed by atoms with Crippen molar-refractivity contribution in [2.24, 2.45) is 0 Å². The lowest BCUT2D eigenvalue weighted by Crippen LogP contribution is -2.61. The van der Waals surface area contributed by atoms with Crippen molar-refractivity contribution >= 4 is 16.3 Å². The number of carbonyl (C=O) groups is 1. The van der Waals surface area contributed by atoms with Crippen LogP contribution in [-0.4, -0.2) is 95.4 Å². The van der Waals surface area contributed by atoms with Gasteiger partial charge >= 0.3 is 10.4 Å². The van der Waals surface area contributed by atoms with Crippen molar-refractivity contribution in [3.8, 4) is 0 Å². The second kappa shape index (κ2) is 37.2. The van der Waals surface area contributed by atoms with Crippen LogP contribution in [0.2, 0.25) is 0 Å². The fourth-order valence-electron chi connectivity index (χ4n) is 7.49. The van der Waals surface area contributed by atoms with Crippen LogP contribution in [0.1, 0.15) is 206 Å². The smallest absolute Gasteiger partial charge is 0.394 e. The van der Waals surface area contributed by atoms with E-state index in [9.17, 15) is 38.2 Å². The first-order chi connectivity index (χ1) is 28.5. The summed E-state index contributed by atoms with van der Waals surface area (Å²) in [6.45, 7) is 3.34. The van der Waals surface area contributed by atoms with Gasteiger partial charge in [-0.25, -0.2) is 4.18 Å². The Hall–Kier alpha value is -1.42. The molecule has 0 aliphatic carbocycles. The molecule has 0 aromatic rings. The molecule has 1 aliphatic rings. The molecule has 1 fully saturated rings. The maximum absolute atomic E-state index is 13.0. The molecule has 1 amide bonds. The summed E-state index contributed by atoms with van der Waals surface area (Å²) >= 11 is 0. The third kappa shape index (κ3) is 30.3. The Morgan fingerprint density at radius 2 is 1.10 bits per heavy atom. The van der Waals surface area contributed by atoms with Gasteiger partial charge in [0.05, 0.1) is 25.4 Å². The monoisotopic (exact) mass is 862 g/mol. The summed E-state index contributed by atoms with van der Waals surface area (Å²) in [7, 11) is -5.08. The van der Waals surface area contributed by atoms with Crippen molar-refractivity contribution in [3.63, 3.8) is 0 Å². The van der Waals surface area contributed by atoms with Crippen LogP contribution in [0.3, 0.4) is 0 Å². The number of ether oxygens (including phenoxy) is 2. The SMILES string of the molecule is CCCC/C=C\CCCCCCCC(=O)NC(COC1OC(CO)C(O)C(OS(=O)(=O)O)C1O)C(O)/C=C/CCCCCCCCCCCCCCCCCCCCC. The molecule has 0 aromatic carbocycles. The number of aliphatic hydroxyl groups is 4. The zero-order valence-corrected chi connectivity index (χ0v) is 37.9. The van der Waals surface area contributed by atoms with Crippen LogP contribution in [0.25, 0.3) is 0 Å². The number of nitrogens with one attached hydrogen (secondary N) is 1. The molecule has 13 heteroatoms. The van der Waals surface area contributed by atoms with Crippen LogP contribution >= 0.6 is 0 Å². The van der Waals surface area contributed by atoms with E-state index in [1.165, 1.54) is 122 Å². The molecule has 1 heterocycles. The van der Waals surface area contributed by atoms with Gasteiger partial charge in [-0.05, 0) is 38.5 Å². The summed E-state index contributed by atoms with van der Waals surface area (Å²) in [5, 5.41) is 44.7. The fourth-order valence-corrected chi connectivity index (χ4v) is 8.00. The number of unbranched alkanes of at least 4 members (excludes halogenated alkanes) is 26. The first-order valence-corrected chi connectivity index (χ1v) is 25.1. The van der Waals surface area contributed by atoms with Crippen LogP contribution in [0, 0.1) is 0 Å². The van der Waals surface area contributed by atoms with Crippen LogP contribution in [0.15, 0.2) is 24.3 Å². The highest BCUT2D eigenvalue weighted by molar-refractivity contribution is 7.80. The molecule has 0 bridgehead atoms. The summed E-state index contributed by atoms with van der Waals surface area (Å²) in [6.07, 6.45) is 33.7. The van der Waals surface area contributed by atoms with Crippen molar-refractivity contribution in [1.82, 2.24) is 5.32 Å². The molecule has 0 spiro atoms. The van der Waals surface area contributed by atoms with Gasteiger partial charge in [-0.3, -0.25) is 9.35 Å². The maximum atomic E-state index is 13.0. The zero-order valence-electron chi connectivity index (χ0n) is 37.1. The lowest BCUT2D eigenvalue weighted by molar-refractivity contribution is -0.298. The van der Waals surface area contributed by atoms with Crippen LogP contribution < -0.4 is 5.32 Å². The minimum Gasteiger partial charge on any atom is -0.394 e. The Labute approximate surface area is 359 Å². The highest BCUT2D eigenvalue weighted by Crippen LogP contribution is 2.26. The number of hydrogen-bond donors (Lipinski definition) is 6. The summed E-state index contributed by atoms with van der Waals surface area (Å²) in [5.74, 6) is -0.273. The minimum atomic E-state index is -5.08. The second-order valence-electron chi connectivity index (χ2n) is 16.7. The third-order valence-corrected chi connectivity index (χ3v) is 11.7. The number of carbonyl (C=O) groups excluding carboxylic acids is 1. The molecular weight excluding hydrogens is 775 g/mol. The molecule has 7 atom stereocenters. The quantitative estimate of drug-likeness (QED) is 0.0195. The van der Waals surface area contributed by atoms with E-state index in [4.69, 9.17) is 9.47 Å². The summed E-state index contributed by atoms with van der Waals surface area (Å²) in [6, 6.07) is -0.945. The van der Waals surface area contributed by atoms with Gasteiger partial charge in [-0.15, -0.1) is 0 Å². The van der Waals surface area contributed by atoms with Crippen LogP contribution in [0.5, 0.6) is 0 Å². The van der Waals surface area contributed by atoms with Crippen molar-refractivity contribution in [3.05, 3.63) is 24.3 Å². The molecular formula is C46H87NO11S. The molecule has 1 saturated heterocycles. The Balaban J connectivity index is 2.47. The van der Waals surface area contributed by atoms with Gasteiger partial charge in [0.2, 0.25) is 5.91 Å². The van der Waals surface area contributed by atoms with E-state index in [0.29, 0.717) is 6.42 Å². The zero-order chi connectivity index (χ0) is 43.4. The molecule has 0 radical (unpaired) electrons. The van der Waals surface area contributed by atoms with Gasteiger partial charge in [0.15, 0.2) is 6.29 Å². The summed E-state index contributed by atoms with van der Waals surface area (Å²) in [5.41, 5.74) is 0. The summed E-state index contributed by atoms with van der Waals surface area (Å²) in [4.78, 5) is 13.0. The van der Waals surface area contributed by atoms with Crippen LogP contribution in [0.4, 0.5) is 0 Å². The fraction of sp³-hybridized carbons (Fsp3) is 0.891. The van der Waals surface area contributed by atoms with Crippen LogP contribution in [-0.2, 0) is 28.9 Å². The van der Waals surface area contributed by atoms with E-state index in [1.54, 1.807) is 6.08 Å². The normalized spacial score (nSPS) is 21.1. The predicted octanol–water partition coefficient (Wildman–Crippen LogP) is 9.33. The standard InChI is InChI=1S/C46H87NO11S/c1-3-5-7-9-11-13-15-16-17-18-19-20-21-22-23-24-26-27-29-31-33-35-40(49)39(47-42(50)36-34-32-30-28-25-14-12-10-8-6-4-2)38-56-46-44(52)45(58-59(53,54)55)43(51)41(37-48)57-46/h10,12,33,35,39-41,43-46,48-49,51-52H,3-9,11,13-32,34,36-38H2,1-2H3,(H,47,50)(H,53,54,55)/b12-10-,35-33+. The number of hydrogen-bond acceptors (Lipinski definition) is 10. The van der Waals surface area contributed by atoms with Gasteiger partial charge in [0.25, 0.3) is 0 Å². The van der Waals surface area contributed by atoms with Gasteiger partial charge < -0.3 is 35.2 Å². The number of rotatable bonds is 40. The van der Waals surface area contributed by atoms with E-state index < -0.39 is 59.9 Å². The Kier molecular flexibility index (Phi) is 35.0. The highest BCUT2D eigenvalue weighted by Gasteiger charge is 2.48. The van der Waals surface area contributed by atoms with Gasteiger partial charge in [0, 0.05) is 6.42 Å². The van der Waals surface area contributed by atoms with E-state index in [2.05, 4.69) is 35.5 Å². The largest absolute Gasteiger partial charge is 0.397 e. The molecule has 12 nitrogen and oxygen atoms in total.